The predicted molar refractivity (Wildman–Crippen MR) is 234 cm³/mol. The van der Waals surface area contributed by atoms with Crippen LogP contribution in [0.25, 0.3) is 0 Å². The molecule has 2 aromatic rings. The van der Waals surface area contributed by atoms with Gasteiger partial charge in [-0.15, -0.1) is 0 Å². The Morgan fingerprint density at radius 2 is 1.32 bits per heavy atom. The monoisotopic (exact) mass is 945 g/mol. The summed E-state index contributed by atoms with van der Waals surface area (Å²) in [7, 11) is -16.4. The molecule has 2 aliphatic rings. The fourth-order valence-electron chi connectivity index (χ4n) is 8.19. The molecular weight excluding hydrogens is 889 g/mol. The third kappa shape index (κ3) is 13.4. The van der Waals surface area contributed by atoms with E-state index in [1.165, 1.54) is 38.3 Å². The van der Waals surface area contributed by atoms with E-state index in [-0.39, 0.29) is 54.4 Å². The second kappa shape index (κ2) is 20.9. The van der Waals surface area contributed by atoms with Crippen molar-refractivity contribution in [2.24, 2.45) is 0 Å². The Morgan fingerprint density at radius 3 is 1.90 bits per heavy atom. The lowest BCUT2D eigenvalue weighted by Crippen LogP contribution is -2.32. The molecular formula is C41H57N2O15S4+. The fourth-order valence-corrected chi connectivity index (χ4v) is 10.2. The van der Waals surface area contributed by atoms with Crippen LogP contribution in [0.15, 0.2) is 82.3 Å². The number of methoxy groups -OCH3 is 1. The zero-order valence-electron chi connectivity index (χ0n) is 35.3. The highest BCUT2D eigenvalue weighted by atomic mass is 32.2. The van der Waals surface area contributed by atoms with Gasteiger partial charge in [0.05, 0.1) is 46.5 Å². The first-order chi connectivity index (χ1) is 28.8. The normalized spacial score (nSPS) is 20.3. The van der Waals surface area contributed by atoms with Gasteiger partial charge in [-0.3, -0.25) is 18.2 Å². The van der Waals surface area contributed by atoms with Gasteiger partial charge in [0.15, 0.2) is 5.71 Å². The molecule has 4 N–H and O–H groups in total. The van der Waals surface area contributed by atoms with E-state index in [4.69, 9.17) is 9.47 Å². The number of benzene rings is 2. The quantitative estimate of drug-likeness (QED) is 0.0417. The summed E-state index contributed by atoms with van der Waals surface area (Å²) >= 11 is 0. The first-order valence-electron chi connectivity index (χ1n) is 20.0. The van der Waals surface area contributed by atoms with Crippen LogP contribution in [0.3, 0.4) is 0 Å². The molecule has 21 heteroatoms. The lowest BCUT2D eigenvalue weighted by Gasteiger charge is -2.30. The average Bonchev–Trinajstić information content (AvgIpc) is 3.52. The molecule has 0 bridgehead atoms. The van der Waals surface area contributed by atoms with Crippen molar-refractivity contribution in [2.75, 3.05) is 56.4 Å². The Hall–Kier alpha value is -3.64. The summed E-state index contributed by atoms with van der Waals surface area (Å²) in [5.74, 6) is -1.03. The second-order valence-electron chi connectivity index (χ2n) is 15.9. The van der Waals surface area contributed by atoms with Gasteiger partial charge in [0.1, 0.15) is 12.3 Å². The third-order valence-corrected chi connectivity index (χ3v) is 14.5. The Balaban J connectivity index is 1.83. The summed E-state index contributed by atoms with van der Waals surface area (Å²) in [5, 5.41) is 0. The van der Waals surface area contributed by atoms with Gasteiger partial charge in [-0.1, -0.05) is 18.2 Å². The van der Waals surface area contributed by atoms with Crippen molar-refractivity contribution in [3.63, 3.8) is 0 Å². The van der Waals surface area contributed by atoms with E-state index in [2.05, 4.69) is 0 Å². The molecule has 0 aliphatic carbocycles. The number of hydrogen-bond acceptors (Lipinski definition) is 12. The standard InChI is InChI=1S/C41H56N2O15S4/c1-31(44)13-7-6-10-22-42-36-18-16-32(61(51,52)53)29-34(36)40(2,20-11-27-59(45,46)47)38(42)14-8-5-9-15-39-41(3,21-12-28-60(48,49)50)35-30-33(62(54,55)56)17-19-37(35)43(39)23-24-58-26-25-57-4/h5,8-9,14-19,29-30H,6-7,10-13,20-28H2,1-4H3,(H3-,45,46,47,48,49,50,51,52,53,54,55,56)/p+1. The third-order valence-electron chi connectivity index (χ3n) is 11.2. The summed E-state index contributed by atoms with van der Waals surface area (Å²) in [5.41, 5.74) is 1.53. The van der Waals surface area contributed by atoms with Crippen molar-refractivity contribution in [1.29, 1.82) is 0 Å². The molecule has 17 nitrogen and oxygen atoms in total. The molecule has 2 aliphatic heterocycles. The SMILES string of the molecule is COCCOCCN1C(=CC=CC=CC2=[N+](CCCCCC(C)=O)c3ccc(S(=O)(=O)O)cc3C2(C)CCCS(=O)(=O)O)C(C)(CCCS(=O)(=O)O)c2cc(S(=O)(=O)O)ccc21. The molecule has 2 atom stereocenters. The number of hydrogen-bond donors (Lipinski definition) is 4. The van der Waals surface area contributed by atoms with Crippen LogP contribution in [0.2, 0.25) is 0 Å². The molecule has 62 heavy (non-hydrogen) atoms. The Labute approximate surface area is 365 Å². The summed E-state index contributed by atoms with van der Waals surface area (Å²) in [6.45, 7) is 6.77. The average molecular weight is 946 g/mol. The number of anilines is 1. The Morgan fingerprint density at radius 1 is 0.726 bits per heavy atom. The van der Waals surface area contributed by atoms with Gasteiger partial charge in [0.2, 0.25) is 5.69 Å². The van der Waals surface area contributed by atoms with E-state index in [1.54, 1.807) is 42.5 Å². The lowest BCUT2D eigenvalue weighted by atomic mass is 9.76. The molecule has 0 aromatic heterocycles. The zero-order chi connectivity index (χ0) is 46.1. The Bertz CT molecular complexity index is 2550. The predicted octanol–water partition coefficient (Wildman–Crippen LogP) is 5.46. The van der Waals surface area contributed by atoms with Crippen LogP contribution < -0.4 is 4.90 Å². The minimum Gasteiger partial charge on any atom is -0.382 e. The van der Waals surface area contributed by atoms with E-state index in [1.807, 2.05) is 23.3 Å². The number of unbranched alkanes of at least 4 members (excludes halogenated alkanes) is 2. The highest BCUT2D eigenvalue weighted by Gasteiger charge is 2.48. The first kappa shape index (κ1) is 51.0. The van der Waals surface area contributed by atoms with Crippen molar-refractivity contribution >= 4 is 63.3 Å². The van der Waals surface area contributed by atoms with Crippen LogP contribution in [0.1, 0.15) is 83.3 Å². The van der Waals surface area contributed by atoms with Crippen LogP contribution in [0.5, 0.6) is 0 Å². The molecule has 0 radical (unpaired) electrons. The van der Waals surface area contributed by atoms with Gasteiger partial charge in [0.25, 0.3) is 40.5 Å². The minimum atomic E-state index is -4.62. The highest BCUT2D eigenvalue weighted by molar-refractivity contribution is 7.86. The molecule has 0 fully saturated rings. The summed E-state index contributed by atoms with van der Waals surface area (Å²) in [6, 6.07) is 8.40. The van der Waals surface area contributed by atoms with Crippen LogP contribution >= 0.6 is 0 Å². The molecule has 4 rings (SSSR count). The van der Waals surface area contributed by atoms with E-state index in [0.717, 1.165) is 0 Å². The maximum Gasteiger partial charge on any atom is 0.294 e. The topological polar surface area (TPSA) is 259 Å². The highest BCUT2D eigenvalue weighted by Crippen LogP contribution is 2.51. The van der Waals surface area contributed by atoms with Crippen molar-refractivity contribution in [3.05, 3.63) is 83.6 Å². The fraction of sp³-hybridized carbons (Fsp3) is 0.512. The molecule has 0 spiro atoms. The molecule has 2 aromatic carbocycles. The van der Waals surface area contributed by atoms with Gasteiger partial charge in [-0.05, 0) is 101 Å². The van der Waals surface area contributed by atoms with Gasteiger partial charge in [-0.25, -0.2) is 0 Å². The van der Waals surface area contributed by atoms with E-state index < -0.39 is 62.8 Å². The first-order valence-corrected chi connectivity index (χ1v) is 26.1. The van der Waals surface area contributed by atoms with Crippen molar-refractivity contribution < 1.29 is 70.7 Å². The maximum absolute atomic E-state index is 12.3. The zero-order valence-corrected chi connectivity index (χ0v) is 38.5. The summed E-state index contributed by atoms with van der Waals surface area (Å²) in [6.07, 6.45) is 11.5. The van der Waals surface area contributed by atoms with Gasteiger partial charge >= 0.3 is 0 Å². The molecule has 344 valence electrons. The summed E-state index contributed by atoms with van der Waals surface area (Å²) in [4.78, 5) is 12.8. The lowest BCUT2D eigenvalue weighted by molar-refractivity contribution is -0.438. The molecule has 0 saturated carbocycles. The second-order valence-corrected chi connectivity index (χ2v) is 21.8. The maximum atomic E-state index is 12.3. The number of rotatable bonds is 25. The van der Waals surface area contributed by atoms with E-state index in [0.29, 0.717) is 79.4 Å². The largest absolute Gasteiger partial charge is 0.382 e. The molecule has 2 unspecified atom stereocenters. The van der Waals surface area contributed by atoms with Crippen LogP contribution in [-0.2, 0) is 65.6 Å². The van der Waals surface area contributed by atoms with Crippen LogP contribution in [-0.4, -0.2) is 119 Å². The number of allylic oxidation sites excluding steroid dienone is 6. The van der Waals surface area contributed by atoms with Crippen molar-refractivity contribution in [3.8, 4) is 0 Å². The number of fused-ring (bicyclic) bond motifs is 2. The molecule has 2 heterocycles. The van der Waals surface area contributed by atoms with Crippen molar-refractivity contribution in [1.82, 2.24) is 0 Å². The van der Waals surface area contributed by atoms with Crippen LogP contribution in [0, 0.1) is 0 Å². The number of ether oxygens (including phenoxy) is 2. The number of nitrogens with zero attached hydrogens (tertiary/aromatic N) is 2. The van der Waals surface area contributed by atoms with E-state index in [9.17, 15) is 56.7 Å². The van der Waals surface area contributed by atoms with Gasteiger partial charge in [0, 0.05) is 61.0 Å². The van der Waals surface area contributed by atoms with Crippen molar-refractivity contribution in [2.45, 2.75) is 92.8 Å². The van der Waals surface area contributed by atoms with E-state index >= 15 is 0 Å². The smallest absolute Gasteiger partial charge is 0.294 e. The number of ketones is 1. The van der Waals surface area contributed by atoms with Gasteiger partial charge < -0.3 is 19.2 Å². The molecule has 0 amide bonds. The summed E-state index contributed by atoms with van der Waals surface area (Å²) < 4.78 is 148. The Kier molecular flexibility index (Phi) is 17.2. The van der Waals surface area contributed by atoms with Crippen LogP contribution in [0.4, 0.5) is 11.4 Å². The minimum absolute atomic E-state index is 0.00292. The molecule has 0 saturated heterocycles. The number of carbonyl (C=O) groups excluding carboxylic acids is 1. The number of carbonyl (C=O) groups is 1. The number of Topliss-reactive ketones (excluding diaryl/α,β-unsaturated/α-hetero) is 1. The van der Waals surface area contributed by atoms with Gasteiger partial charge in [-0.2, -0.15) is 38.2 Å².